The Kier molecular flexibility index (Phi) is 8.05. The zero-order chi connectivity index (χ0) is 29.6. The molecule has 0 spiro atoms. The van der Waals surface area contributed by atoms with Gasteiger partial charge in [-0.3, -0.25) is 4.79 Å². The molecule has 3 fully saturated rings. The minimum atomic E-state index is -0.858. The van der Waals surface area contributed by atoms with E-state index in [1.54, 1.807) is 14.2 Å². The van der Waals surface area contributed by atoms with Crippen molar-refractivity contribution < 1.29 is 28.5 Å². The van der Waals surface area contributed by atoms with Crippen LogP contribution in [-0.4, -0.2) is 89.8 Å². The number of benzene rings is 1. The first-order chi connectivity index (χ1) is 20.2. The van der Waals surface area contributed by atoms with Gasteiger partial charge in [-0.05, 0) is 74.9 Å². The molecule has 42 heavy (non-hydrogen) atoms. The lowest BCUT2D eigenvalue weighted by atomic mass is 10.0. The van der Waals surface area contributed by atoms with Crippen LogP contribution in [0.3, 0.4) is 0 Å². The second-order valence-electron chi connectivity index (χ2n) is 11.4. The molecule has 3 aromatic rings. The molecule has 3 saturated heterocycles. The van der Waals surface area contributed by atoms with Crippen molar-refractivity contribution >= 4 is 38.7 Å². The maximum atomic E-state index is 13.5. The van der Waals surface area contributed by atoms with E-state index in [1.165, 1.54) is 6.33 Å². The number of likely N-dealkylation sites (tertiary alicyclic amines) is 1. The summed E-state index contributed by atoms with van der Waals surface area (Å²) in [7, 11) is 5.35. The van der Waals surface area contributed by atoms with Crippen molar-refractivity contribution in [1.29, 1.82) is 0 Å². The van der Waals surface area contributed by atoms with E-state index < -0.39 is 30.3 Å². The Morgan fingerprint density at radius 2 is 1.90 bits per heavy atom. The molecule has 1 amide bonds. The van der Waals surface area contributed by atoms with E-state index in [0.717, 1.165) is 41.4 Å². The Balaban J connectivity index is 1.26. The Labute approximate surface area is 253 Å². The van der Waals surface area contributed by atoms with Gasteiger partial charge in [0.15, 0.2) is 18.1 Å². The predicted molar refractivity (Wildman–Crippen MR) is 158 cm³/mol. The van der Waals surface area contributed by atoms with Crippen LogP contribution in [-0.2, 0) is 25.5 Å². The third-order valence-electron chi connectivity index (χ3n) is 8.13. The Morgan fingerprint density at radius 1 is 1.14 bits per heavy atom. The maximum Gasteiger partial charge on any atom is 0.252 e. The summed E-state index contributed by atoms with van der Waals surface area (Å²) in [6.45, 7) is 6.07. The topological polar surface area (TPSA) is 121 Å². The van der Waals surface area contributed by atoms with Gasteiger partial charge in [0.1, 0.15) is 41.5 Å². The molecule has 0 unspecified atom stereocenters. The van der Waals surface area contributed by atoms with Crippen molar-refractivity contribution in [3.8, 4) is 11.5 Å². The van der Waals surface area contributed by atoms with Crippen LogP contribution < -0.4 is 20.1 Å². The fraction of sp³-hybridized carbons (Fsp3) is 0.552. The highest BCUT2D eigenvalue weighted by Crippen LogP contribution is 2.45. The van der Waals surface area contributed by atoms with E-state index in [-0.39, 0.29) is 11.9 Å². The highest BCUT2D eigenvalue weighted by Gasteiger charge is 2.58. The first-order valence-electron chi connectivity index (χ1n) is 14.1. The molecule has 5 heterocycles. The summed E-state index contributed by atoms with van der Waals surface area (Å²) in [5, 5.41) is 7.39. The number of hydrogen-bond acceptors (Lipinski definition) is 10. The highest BCUT2D eigenvalue weighted by molar-refractivity contribution is 9.10. The summed E-state index contributed by atoms with van der Waals surface area (Å²) in [6, 6.07) is 5.79. The van der Waals surface area contributed by atoms with E-state index in [9.17, 15) is 4.79 Å². The summed E-state index contributed by atoms with van der Waals surface area (Å²) < 4.78 is 32.5. The summed E-state index contributed by atoms with van der Waals surface area (Å²) >= 11 is 3.71. The summed E-state index contributed by atoms with van der Waals surface area (Å²) in [5.74, 6) is 1.03. The van der Waals surface area contributed by atoms with E-state index >= 15 is 0 Å². The lowest BCUT2D eigenvalue weighted by Crippen LogP contribution is -2.49. The second kappa shape index (κ2) is 11.6. The van der Waals surface area contributed by atoms with Gasteiger partial charge in [-0.1, -0.05) is 0 Å². The number of aromatic nitrogens is 3. The quantitative estimate of drug-likeness (QED) is 0.377. The lowest BCUT2D eigenvalue weighted by Gasteiger charge is -2.30. The number of ether oxygens (including phenoxy) is 5. The number of carbonyl (C=O) groups is 1. The standard InChI is InChI=1S/C29H37BrN6O6/c1-29(2)41-22-23(27(37)34-17-8-10-35(3)11-9-17)40-28(24(22)42-29)36-14-19(30)21-25(32-15-33-26(21)36)31-13-16-6-7-18(38-4)12-20(16)39-5/h6-7,12,14-15,17,22-24,28H,8-11,13H2,1-5H3,(H,34,37)(H,31,32,33)/t22-,23+,24-,28-/m1/s1. The van der Waals surface area contributed by atoms with Gasteiger partial charge in [0.25, 0.3) is 5.91 Å². The maximum absolute atomic E-state index is 13.5. The Morgan fingerprint density at radius 3 is 2.64 bits per heavy atom. The zero-order valence-electron chi connectivity index (χ0n) is 24.4. The number of rotatable bonds is 8. The third-order valence-corrected chi connectivity index (χ3v) is 8.73. The minimum absolute atomic E-state index is 0.109. The van der Waals surface area contributed by atoms with Crippen molar-refractivity contribution in [3.05, 3.63) is 40.8 Å². The number of methoxy groups -OCH3 is 2. The summed E-state index contributed by atoms with van der Waals surface area (Å²) in [6.07, 6.45) is 2.68. The number of fused-ring (bicyclic) bond motifs is 2. The summed E-state index contributed by atoms with van der Waals surface area (Å²) in [4.78, 5) is 24.9. The molecule has 0 radical (unpaired) electrons. The van der Waals surface area contributed by atoms with Gasteiger partial charge in [0.05, 0.1) is 19.6 Å². The van der Waals surface area contributed by atoms with Crippen LogP contribution in [0.5, 0.6) is 11.5 Å². The van der Waals surface area contributed by atoms with Crippen LogP contribution in [0.1, 0.15) is 38.5 Å². The number of nitrogens with zero attached hydrogens (tertiary/aromatic N) is 4. The van der Waals surface area contributed by atoms with Gasteiger partial charge >= 0.3 is 0 Å². The molecular formula is C29H37BrN6O6. The van der Waals surface area contributed by atoms with Crippen molar-refractivity contribution in [2.24, 2.45) is 0 Å². The Hall–Kier alpha value is -2.97. The van der Waals surface area contributed by atoms with Crippen molar-refractivity contribution in [3.63, 3.8) is 0 Å². The number of anilines is 1. The summed E-state index contributed by atoms with van der Waals surface area (Å²) in [5.41, 5.74) is 1.58. The second-order valence-corrected chi connectivity index (χ2v) is 12.3. The SMILES string of the molecule is COc1ccc(CNc2ncnc3c2c(Br)cn3[C@@H]2O[C@H](C(=O)NC3CCN(C)CC3)[C@H]3OC(C)(C)O[C@H]32)c(OC)c1. The minimum Gasteiger partial charge on any atom is -0.497 e. The molecule has 2 aromatic heterocycles. The average Bonchev–Trinajstić information content (AvgIpc) is 3.60. The molecule has 3 aliphatic heterocycles. The zero-order valence-corrected chi connectivity index (χ0v) is 26.0. The first kappa shape index (κ1) is 29.1. The van der Waals surface area contributed by atoms with Crippen molar-refractivity contribution in [2.45, 2.75) is 69.6 Å². The molecule has 2 N–H and O–H groups in total. The molecule has 12 nitrogen and oxygen atoms in total. The smallest absolute Gasteiger partial charge is 0.252 e. The van der Waals surface area contributed by atoms with Crippen LogP contribution in [0, 0.1) is 0 Å². The molecule has 226 valence electrons. The number of halogens is 1. The van der Waals surface area contributed by atoms with E-state index in [4.69, 9.17) is 23.7 Å². The van der Waals surface area contributed by atoms with Crippen molar-refractivity contribution in [2.75, 3.05) is 39.7 Å². The third kappa shape index (κ3) is 5.55. The molecule has 13 heteroatoms. The predicted octanol–water partition coefficient (Wildman–Crippen LogP) is 3.45. The Bertz CT molecular complexity index is 1460. The first-order valence-corrected chi connectivity index (χ1v) is 14.9. The number of nitrogens with one attached hydrogen (secondary N) is 2. The molecule has 1 aromatic carbocycles. The van der Waals surface area contributed by atoms with E-state index in [1.807, 2.05) is 42.8 Å². The van der Waals surface area contributed by atoms with Gasteiger partial charge in [-0.2, -0.15) is 0 Å². The average molecular weight is 646 g/mol. The van der Waals surface area contributed by atoms with Gasteiger partial charge < -0.3 is 43.8 Å². The van der Waals surface area contributed by atoms with Crippen LogP contribution >= 0.6 is 15.9 Å². The van der Waals surface area contributed by atoms with E-state index in [2.05, 4.69) is 48.5 Å². The van der Waals surface area contributed by atoms with Crippen LogP contribution in [0.4, 0.5) is 5.82 Å². The fourth-order valence-electron chi connectivity index (χ4n) is 5.99. The lowest BCUT2D eigenvalue weighted by molar-refractivity contribution is -0.197. The largest absolute Gasteiger partial charge is 0.497 e. The van der Waals surface area contributed by atoms with Gasteiger partial charge in [-0.25, -0.2) is 9.97 Å². The van der Waals surface area contributed by atoms with Gasteiger partial charge in [0, 0.05) is 34.9 Å². The van der Waals surface area contributed by atoms with Gasteiger partial charge in [-0.15, -0.1) is 0 Å². The van der Waals surface area contributed by atoms with Crippen LogP contribution in [0.25, 0.3) is 11.0 Å². The molecule has 3 aliphatic rings. The van der Waals surface area contributed by atoms with Crippen LogP contribution in [0.2, 0.25) is 0 Å². The molecule has 0 aliphatic carbocycles. The van der Waals surface area contributed by atoms with Crippen molar-refractivity contribution in [1.82, 2.24) is 24.8 Å². The molecule has 0 bridgehead atoms. The monoisotopic (exact) mass is 644 g/mol. The van der Waals surface area contributed by atoms with E-state index in [0.29, 0.717) is 29.5 Å². The number of hydrogen-bond donors (Lipinski definition) is 2. The van der Waals surface area contributed by atoms with Crippen LogP contribution in [0.15, 0.2) is 35.2 Å². The molecule has 0 saturated carbocycles. The molecule has 4 atom stereocenters. The normalized spacial score (nSPS) is 25.9. The van der Waals surface area contributed by atoms with Gasteiger partial charge in [0.2, 0.25) is 0 Å². The highest BCUT2D eigenvalue weighted by atomic mass is 79.9. The number of carbonyl (C=O) groups excluding carboxylic acids is 1. The fourth-order valence-corrected chi connectivity index (χ4v) is 6.58. The number of piperidine rings is 1. The molecular weight excluding hydrogens is 608 g/mol. The number of amides is 1. The molecule has 6 rings (SSSR count).